The number of piperazine rings is 1. The Balaban J connectivity index is 1.54. The third-order valence-electron chi connectivity index (χ3n) is 4.63. The molecular formula is C18H18FN7O3. The normalized spacial score (nSPS) is 14.1. The predicted octanol–water partition coefficient (Wildman–Crippen LogP) is 2.89. The molecule has 1 fully saturated rings. The lowest BCUT2D eigenvalue weighted by Gasteiger charge is -2.36. The van der Waals surface area contributed by atoms with Crippen LogP contribution in [0.4, 0.5) is 33.2 Å². The van der Waals surface area contributed by atoms with Gasteiger partial charge in [-0.2, -0.15) is 0 Å². The second-order valence-electron chi connectivity index (χ2n) is 6.55. The molecule has 0 saturated carbocycles. The average molecular weight is 399 g/mol. The van der Waals surface area contributed by atoms with Crippen LogP contribution < -0.4 is 15.1 Å². The quantitative estimate of drug-likeness (QED) is 0.511. The lowest BCUT2D eigenvalue weighted by Crippen LogP contribution is -2.47. The van der Waals surface area contributed by atoms with E-state index in [1.165, 1.54) is 18.5 Å². The molecule has 1 N–H and O–H groups in total. The monoisotopic (exact) mass is 399 g/mol. The Bertz CT molecular complexity index is 1020. The van der Waals surface area contributed by atoms with E-state index in [4.69, 9.17) is 4.52 Å². The molecular weight excluding hydrogens is 381 g/mol. The highest BCUT2D eigenvalue weighted by Gasteiger charge is 2.29. The van der Waals surface area contributed by atoms with Crippen molar-refractivity contribution in [3.8, 4) is 0 Å². The highest BCUT2D eigenvalue weighted by molar-refractivity contribution is 5.73. The zero-order valence-electron chi connectivity index (χ0n) is 15.6. The van der Waals surface area contributed by atoms with E-state index < -0.39 is 4.92 Å². The highest BCUT2D eigenvalue weighted by atomic mass is 19.1. The Morgan fingerprint density at radius 2 is 1.83 bits per heavy atom. The lowest BCUT2D eigenvalue weighted by atomic mass is 10.2. The van der Waals surface area contributed by atoms with Crippen molar-refractivity contribution in [2.75, 3.05) is 41.3 Å². The number of nitrogens with one attached hydrogen (secondary N) is 1. The summed E-state index contributed by atoms with van der Waals surface area (Å²) in [7, 11) is 0. The molecule has 0 radical (unpaired) electrons. The third kappa shape index (κ3) is 3.93. The molecule has 11 heteroatoms. The summed E-state index contributed by atoms with van der Waals surface area (Å²) in [6.07, 6.45) is 1.28. The maximum atomic E-state index is 13.1. The zero-order valence-corrected chi connectivity index (χ0v) is 15.6. The SMILES string of the molecule is Cc1cc(Nc2ncnc(N3CCN(c4ccc(F)cc4)CC3)c2[N+](=O)[O-])no1. The molecule has 3 aromatic rings. The van der Waals surface area contributed by atoms with E-state index in [0.29, 0.717) is 37.8 Å². The topological polar surface area (TPSA) is 113 Å². The molecule has 1 aliphatic rings. The number of halogens is 1. The smallest absolute Gasteiger partial charge is 0.353 e. The van der Waals surface area contributed by atoms with Gasteiger partial charge in [-0.3, -0.25) is 10.1 Å². The number of aryl methyl sites for hydroxylation is 1. The molecule has 150 valence electrons. The molecule has 1 aliphatic heterocycles. The van der Waals surface area contributed by atoms with Crippen LogP contribution in [0.2, 0.25) is 0 Å². The maximum Gasteiger partial charge on any atom is 0.353 e. The van der Waals surface area contributed by atoms with Gasteiger partial charge in [-0.25, -0.2) is 14.4 Å². The molecule has 2 aromatic heterocycles. The fraction of sp³-hybridized carbons (Fsp3) is 0.278. The Kier molecular flexibility index (Phi) is 4.94. The van der Waals surface area contributed by atoms with Crippen LogP contribution in [-0.4, -0.2) is 46.2 Å². The first-order valence-corrected chi connectivity index (χ1v) is 8.96. The zero-order chi connectivity index (χ0) is 20.4. The number of aromatic nitrogens is 3. The van der Waals surface area contributed by atoms with Crippen LogP contribution in [-0.2, 0) is 0 Å². The van der Waals surface area contributed by atoms with E-state index in [2.05, 4.69) is 25.3 Å². The average Bonchev–Trinajstić information content (AvgIpc) is 3.13. The molecule has 1 saturated heterocycles. The van der Waals surface area contributed by atoms with Gasteiger partial charge in [0.15, 0.2) is 5.82 Å². The van der Waals surface area contributed by atoms with Crippen LogP contribution in [0.25, 0.3) is 0 Å². The molecule has 10 nitrogen and oxygen atoms in total. The number of hydrogen-bond acceptors (Lipinski definition) is 9. The summed E-state index contributed by atoms with van der Waals surface area (Å²) < 4.78 is 18.1. The number of benzene rings is 1. The van der Waals surface area contributed by atoms with E-state index in [0.717, 1.165) is 5.69 Å². The molecule has 0 spiro atoms. The minimum Gasteiger partial charge on any atom is -0.368 e. The highest BCUT2D eigenvalue weighted by Crippen LogP contribution is 2.34. The van der Waals surface area contributed by atoms with Gasteiger partial charge in [0.1, 0.15) is 17.9 Å². The van der Waals surface area contributed by atoms with E-state index >= 15 is 0 Å². The molecule has 0 aliphatic carbocycles. The largest absolute Gasteiger partial charge is 0.368 e. The van der Waals surface area contributed by atoms with Gasteiger partial charge in [-0.1, -0.05) is 5.16 Å². The first-order valence-electron chi connectivity index (χ1n) is 8.96. The maximum absolute atomic E-state index is 13.1. The second-order valence-corrected chi connectivity index (χ2v) is 6.55. The van der Waals surface area contributed by atoms with E-state index in [9.17, 15) is 14.5 Å². The first kappa shape index (κ1) is 18.6. The van der Waals surface area contributed by atoms with Gasteiger partial charge in [-0.15, -0.1) is 0 Å². The summed E-state index contributed by atoms with van der Waals surface area (Å²) in [6, 6.07) is 7.90. The lowest BCUT2D eigenvalue weighted by molar-refractivity contribution is -0.383. The van der Waals surface area contributed by atoms with Crippen LogP contribution in [0.1, 0.15) is 5.76 Å². The van der Waals surface area contributed by atoms with E-state index in [-0.39, 0.29) is 23.1 Å². The fourth-order valence-corrected chi connectivity index (χ4v) is 3.24. The van der Waals surface area contributed by atoms with Crippen molar-refractivity contribution in [1.82, 2.24) is 15.1 Å². The Morgan fingerprint density at radius 1 is 1.14 bits per heavy atom. The van der Waals surface area contributed by atoms with E-state index in [1.807, 2.05) is 4.90 Å². The van der Waals surface area contributed by atoms with E-state index in [1.54, 1.807) is 25.1 Å². The van der Waals surface area contributed by atoms with Crippen LogP contribution in [0.15, 0.2) is 41.2 Å². The van der Waals surface area contributed by atoms with Crippen molar-refractivity contribution in [3.63, 3.8) is 0 Å². The number of rotatable bonds is 5. The van der Waals surface area contributed by atoms with Crippen molar-refractivity contribution in [3.05, 3.63) is 58.4 Å². The molecule has 4 rings (SSSR count). The summed E-state index contributed by atoms with van der Waals surface area (Å²) in [5.41, 5.74) is 0.690. The summed E-state index contributed by atoms with van der Waals surface area (Å²) >= 11 is 0. The van der Waals surface area contributed by atoms with Gasteiger partial charge in [0.25, 0.3) is 0 Å². The van der Waals surface area contributed by atoms with Crippen molar-refractivity contribution >= 4 is 28.8 Å². The van der Waals surface area contributed by atoms with Crippen LogP contribution in [0.3, 0.4) is 0 Å². The Labute approximate surface area is 165 Å². The van der Waals surface area contributed by atoms with Crippen molar-refractivity contribution in [2.24, 2.45) is 0 Å². The minimum atomic E-state index is -0.503. The summed E-state index contributed by atoms with van der Waals surface area (Å²) in [4.78, 5) is 23.4. The fourth-order valence-electron chi connectivity index (χ4n) is 3.24. The second kappa shape index (κ2) is 7.70. The van der Waals surface area contributed by atoms with Crippen LogP contribution in [0.5, 0.6) is 0 Å². The summed E-state index contributed by atoms with van der Waals surface area (Å²) in [5, 5.41) is 18.4. The molecule has 0 atom stereocenters. The van der Waals surface area contributed by atoms with Crippen molar-refractivity contribution in [1.29, 1.82) is 0 Å². The minimum absolute atomic E-state index is 0.0502. The Morgan fingerprint density at radius 3 is 2.45 bits per heavy atom. The van der Waals surface area contributed by atoms with Crippen molar-refractivity contribution < 1.29 is 13.8 Å². The Hall–Kier alpha value is -3.76. The number of anilines is 4. The first-order chi connectivity index (χ1) is 14.0. The van der Waals surface area contributed by atoms with Gasteiger partial charge < -0.3 is 19.6 Å². The standard InChI is InChI=1S/C18H18FN7O3/c1-12-10-15(23-29-12)22-17-16(26(27)28)18(21-11-20-17)25-8-6-24(7-9-25)14-4-2-13(19)3-5-14/h2-5,10-11H,6-9H2,1H3,(H,20,21,22,23). The van der Waals surface area contributed by atoms with Gasteiger partial charge in [-0.05, 0) is 31.2 Å². The van der Waals surface area contributed by atoms with Crippen LogP contribution >= 0.6 is 0 Å². The molecule has 3 heterocycles. The third-order valence-corrected chi connectivity index (χ3v) is 4.63. The molecule has 0 amide bonds. The van der Waals surface area contributed by atoms with Gasteiger partial charge in [0.05, 0.1) is 4.92 Å². The number of nitro groups is 1. The molecule has 29 heavy (non-hydrogen) atoms. The number of hydrogen-bond donors (Lipinski definition) is 1. The van der Waals surface area contributed by atoms with Gasteiger partial charge >= 0.3 is 5.69 Å². The van der Waals surface area contributed by atoms with Crippen LogP contribution in [0, 0.1) is 22.9 Å². The van der Waals surface area contributed by atoms with Gasteiger partial charge in [0.2, 0.25) is 11.6 Å². The molecule has 0 unspecified atom stereocenters. The van der Waals surface area contributed by atoms with Gasteiger partial charge in [0, 0.05) is 37.9 Å². The summed E-state index contributed by atoms with van der Waals surface area (Å²) in [6.45, 7) is 4.02. The number of nitrogens with zero attached hydrogens (tertiary/aromatic N) is 6. The summed E-state index contributed by atoms with van der Waals surface area (Å²) in [5.74, 6) is 0.907. The molecule has 1 aromatic carbocycles. The predicted molar refractivity (Wildman–Crippen MR) is 104 cm³/mol. The molecule has 0 bridgehead atoms. The van der Waals surface area contributed by atoms with Crippen molar-refractivity contribution in [2.45, 2.75) is 6.92 Å².